The average Bonchev–Trinajstić information content (AvgIpc) is 2.67. The number of benzene rings is 2. The van der Waals surface area contributed by atoms with E-state index in [9.17, 15) is 9.59 Å². The highest BCUT2D eigenvalue weighted by molar-refractivity contribution is 8.00. The highest BCUT2D eigenvalue weighted by Crippen LogP contribution is 2.27. The summed E-state index contributed by atoms with van der Waals surface area (Å²) in [5.41, 5.74) is 1.95. The minimum absolute atomic E-state index is 0.0902. The molecule has 5 nitrogen and oxygen atoms in total. The third-order valence-electron chi connectivity index (χ3n) is 4.63. The van der Waals surface area contributed by atoms with E-state index in [1.54, 1.807) is 0 Å². The van der Waals surface area contributed by atoms with Gasteiger partial charge in [0.15, 0.2) is 0 Å². The summed E-state index contributed by atoms with van der Waals surface area (Å²) in [6.07, 6.45) is 0. The van der Waals surface area contributed by atoms with E-state index in [-0.39, 0.29) is 17.9 Å². The summed E-state index contributed by atoms with van der Waals surface area (Å²) in [5.74, 6) is 0.479. The molecule has 142 valence electrons. The molecule has 1 atom stereocenters. The van der Waals surface area contributed by atoms with Crippen LogP contribution in [-0.4, -0.2) is 54.0 Å². The van der Waals surface area contributed by atoms with Crippen LogP contribution >= 0.6 is 11.8 Å². The first-order valence-electron chi connectivity index (χ1n) is 9.06. The van der Waals surface area contributed by atoms with Crippen LogP contribution < -0.4 is 5.32 Å². The standard InChI is InChI=1S/C21H25N3O2S/c1-16(25)22-18-8-10-19(11-9-18)27-15-21(26)24-13-12-23(2)14-20(24)17-6-4-3-5-7-17/h3-11,20H,12-15H2,1-2H3,(H,22,25). The lowest BCUT2D eigenvalue weighted by Gasteiger charge is -2.40. The van der Waals surface area contributed by atoms with Crippen LogP contribution in [0.4, 0.5) is 5.69 Å². The van der Waals surface area contributed by atoms with E-state index >= 15 is 0 Å². The van der Waals surface area contributed by atoms with E-state index < -0.39 is 0 Å². The number of thioether (sulfide) groups is 1. The Morgan fingerprint density at radius 1 is 1.07 bits per heavy atom. The van der Waals surface area contributed by atoms with Crippen molar-refractivity contribution in [2.45, 2.75) is 17.9 Å². The topological polar surface area (TPSA) is 52.7 Å². The van der Waals surface area contributed by atoms with Gasteiger partial charge in [-0.15, -0.1) is 11.8 Å². The van der Waals surface area contributed by atoms with E-state index in [0.29, 0.717) is 5.75 Å². The molecule has 1 aliphatic rings. The monoisotopic (exact) mass is 383 g/mol. The molecule has 1 unspecified atom stereocenters. The molecule has 0 aromatic heterocycles. The summed E-state index contributed by atoms with van der Waals surface area (Å²) >= 11 is 1.53. The molecule has 2 amide bonds. The number of piperazine rings is 1. The predicted molar refractivity (Wildman–Crippen MR) is 110 cm³/mol. The summed E-state index contributed by atoms with van der Waals surface area (Å²) in [5, 5.41) is 2.75. The Labute approximate surface area is 164 Å². The van der Waals surface area contributed by atoms with Crippen molar-refractivity contribution < 1.29 is 9.59 Å². The first-order chi connectivity index (χ1) is 13.0. The van der Waals surface area contributed by atoms with Gasteiger partial charge in [0.1, 0.15) is 0 Å². The Morgan fingerprint density at radius 2 is 1.78 bits per heavy atom. The Morgan fingerprint density at radius 3 is 2.44 bits per heavy atom. The minimum Gasteiger partial charge on any atom is -0.332 e. The van der Waals surface area contributed by atoms with E-state index in [2.05, 4.69) is 29.4 Å². The second-order valence-electron chi connectivity index (χ2n) is 6.77. The van der Waals surface area contributed by atoms with Crippen LogP contribution in [0, 0.1) is 0 Å². The average molecular weight is 384 g/mol. The first-order valence-corrected chi connectivity index (χ1v) is 10.0. The molecule has 0 saturated carbocycles. The van der Waals surface area contributed by atoms with Crippen LogP contribution in [0.25, 0.3) is 0 Å². The maximum Gasteiger partial charge on any atom is 0.233 e. The quantitative estimate of drug-likeness (QED) is 0.806. The first kappa shape index (κ1) is 19.5. The molecule has 2 aromatic rings. The Kier molecular flexibility index (Phi) is 6.53. The number of likely N-dealkylation sites (N-methyl/N-ethyl adjacent to an activating group) is 1. The molecule has 2 aromatic carbocycles. The molecule has 0 bridgehead atoms. The molecule has 1 fully saturated rings. The van der Waals surface area contributed by atoms with Crippen molar-refractivity contribution in [1.82, 2.24) is 9.80 Å². The molecular weight excluding hydrogens is 358 g/mol. The van der Waals surface area contributed by atoms with Crippen LogP contribution in [0.2, 0.25) is 0 Å². The van der Waals surface area contributed by atoms with E-state index in [1.807, 2.05) is 47.4 Å². The fraction of sp³-hybridized carbons (Fsp3) is 0.333. The smallest absolute Gasteiger partial charge is 0.233 e. The zero-order valence-electron chi connectivity index (χ0n) is 15.7. The number of carbonyl (C=O) groups excluding carboxylic acids is 2. The molecule has 1 saturated heterocycles. The van der Waals surface area contributed by atoms with Gasteiger partial charge in [0.2, 0.25) is 11.8 Å². The van der Waals surface area contributed by atoms with Crippen molar-refractivity contribution in [3.8, 4) is 0 Å². The zero-order valence-corrected chi connectivity index (χ0v) is 16.5. The summed E-state index contributed by atoms with van der Waals surface area (Å²) in [7, 11) is 2.10. The fourth-order valence-electron chi connectivity index (χ4n) is 3.24. The molecule has 0 radical (unpaired) electrons. The van der Waals surface area contributed by atoms with Crippen molar-refractivity contribution in [1.29, 1.82) is 0 Å². The third-order valence-corrected chi connectivity index (χ3v) is 5.62. The lowest BCUT2D eigenvalue weighted by molar-refractivity contribution is -0.133. The summed E-state index contributed by atoms with van der Waals surface area (Å²) < 4.78 is 0. The second-order valence-corrected chi connectivity index (χ2v) is 7.82. The van der Waals surface area contributed by atoms with Gasteiger partial charge in [-0.2, -0.15) is 0 Å². The van der Waals surface area contributed by atoms with Gasteiger partial charge in [0.25, 0.3) is 0 Å². The maximum absolute atomic E-state index is 12.9. The zero-order chi connectivity index (χ0) is 19.2. The number of rotatable bonds is 5. The van der Waals surface area contributed by atoms with Crippen molar-refractivity contribution in [3.63, 3.8) is 0 Å². The van der Waals surface area contributed by atoms with Gasteiger partial charge in [-0.1, -0.05) is 30.3 Å². The van der Waals surface area contributed by atoms with Gasteiger partial charge in [-0.25, -0.2) is 0 Å². The van der Waals surface area contributed by atoms with Gasteiger partial charge < -0.3 is 15.1 Å². The van der Waals surface area contributed by atoms with Crippen molar-refractivity contribution >= 4 is 29.3 Å². The van der Waals surface area contributed by atoms with Crippen molar-refractivity contribution in [2.75, 3.05) is 37.8 Å². The summed E-state index contributed by atoms with van der Waals surface area (Å²) in [6, 6.07) is 17.9. The maximum atomic E-state index is 12.9. The SMILES string of the molecule is CC(=O)Nc1ccc(SCC(=O)N2CCN(C)CC2c2ccccc2)cc1. The van der Waals surface area contributed by atoms with Crippen molar-refractivity contribution in [3.05, 3.63) is 60.2 Å². The van der Waals surface area contributed by atoms with Crippen LogP contribution in [-0.2, 0) is 9.59 Å². The second kappa shape index (κ2) is 9.06. The number of hydrogen-bond donors (Lipinski definition) is 1. The van der Waals surface area contributed by atoms with Gasteiger partial charge in [0.05, 0.1) is 11.8 Å². The van der Waals surface area contributed by atoms with Crippen LogP contribution in [0.1, 0.15) is 18.5 Å². The molecule has 27 heavy (non-hydrogen) atoms. The largest absolute Gasteiger partial charge is 0.332 e. The van der Waals surface area contributed by atoms with E-state index in [4.69, 9.17) is 0 Å². The fourth-order valence-corrected chi connectivity index (χ4v) is 4.03. The van der Waals surface area contributed by atoms with Crippen LogP contribution in [0.3, 0.4) is 0 Å². The summed E-state index contributed by atoms with van der Waals surface area (Å²) in [4.78, 5) is 29.3. The highest BCUT2D eigenvalue weighted by Gasteiger charge is 2.29. The van der Waals surface area contributed by atoms with Gasteiger partial charge in [0, 0.05) is 37.1 Å². The van der Waals surface area contributed by atoms with Crippen molar-refractivity contribution in [2.24, 2.45) is 0 Å². The van der Waals surface area contributed by atoms with Crippen LogP contribution in [0.5, 0.6) is 0 Å². The molecule has 1 aliphatic heterocycles. The number of nitrogens with one attached hydrogen (secondary N) is 1. The normalized spacial score (nSPS) is 17.6. The molecule has 1 heterocycles. The van der Waals surface area contributed by atoms with Gasteiger partial charge >= 0.3 is 0 Å². The van der Waals surface area contributed by atoms with E-state index in [0.717, 1.165) is 30.2 Å². The lowest BCUT2D eigenvalue weighted by atomic mass is 10.0. The van der Waals surface area contributed by atoms with Crippen LogP contribution in [0.15, 0.2) is 59.5 Å². The number of hydrogen-bond acceptors (Lipinski definition) is 4. The Bertz CT molecular complexity index is 780. The Balaban J connectivity index is 1.62. The molecule has 1 N–H and O–H groups in total. The molecule has 0 aliphatic carbocycles. The Hall–Kier alpha value is -2.31. The summed E-state index contributed by atoms with van der Waals surface area (Å²) in [6.45, 7) is 3.98. The van der Waals surface area contributed by atoms with E-state index in [1.165, 1.54) is 24.2 Å². The number of carbonyl (C=O) groups is 2. The number of nitrogens with zero attached hydrogens (tertiary/aromatic N) is 2. The lowest BCUT2D eigenvalue weighted by Crippen LogP contribution is -2.49. The minimum atomic E-state index is -0.0902. The highest BCUT2D eigenvalue weighted by atomic mass is 32.2. The third kappa shape index (κ3) is 5.34. The molecule has 0 spiro atoms. The molecule has 6 heteroatoms. The molecular formula is C21H25N3O2S. The predicted octanol–water partition coefficient (Wildman–Crippen LogP) is 3.25. The number of anilines is 1. The molecule has 3 rings (SSSR count). The van der Waals surface area contributed by atoms with Gasteiger partial charge in [-0.3, -0.25) is 9.59 Å². The number of amides is 2. The van der Waals surface area contributed by atoms with Gasteiger partial charge in [-0.05, 0) is 36.9 Å².